The fraction of sp³-hybridized carbons (Fsp3) is 0.200. The number of nitrogens with one attached hydrogen (secondary N) is 1. The Morgan fingerprint density at radius 1 is 1.10 bits per heavy atom. The van der Waals surface area contributed by atoms with Crippen molar-refractivity contribution in [1.29, 1.82) is 0 Å². The van der Waals surface area contributed by atoms with Gasteiger partial charge in [0.05, 0.1) is 7.05 Å². The summed E-state index contributed by atoms with van der Waals surface area (Å²) in [5.74, 6) is 0. The Kier molecular flexibility index (Phi) is 5.95. The first-order chi connectivity index (χ1) is 9.15. The zero-order chi connectivity index (χ0) is 13.4. The van der Waals surface area contributed by atoms with Gasteiger partial charge in [0.2, 0.25) is 0 Å². The van der Waals surface area contributed by atoms with E-state index in [1.54, 1.807) is 0 Å². The van der Waals surface area contributed by atoms with Crippen molar-refractivity contribution in [2.45, 2.75) is 6.54 Å². The van der Waals surface area contributed by atoms with Crippen molar-refractivity contribution in [2.75, 3.05) is 13.7 Å². The van der Waals surface area contributed by atoms with Gasteiger partial charge in [-0.15, -0.1) is 0 Å². The maximum absolute atomic E-state index is 2.46. The zero-order valence-electron chi connectivity index (χ0n) is 11.0. The molecule has 0 amide bonds. The number of fused-ring (bicyclic) bond motifs is 1. The molecule has 0 aromatic heterocycles. The van der Waals surface area contributed by atoms with E-state index in [4.69, 9.17) is 0 Å². The summed E-state index contributed by atoms with van der Waals surface area (Å²) in [6, 6.07) is 15.3. The average molecular weight is 604 g/mol. The number of rotatable bonds is 2. The van der Waals surface area contributed by atoms with E-state index in [2.05, 4.69) is 99.6 Å². The zero-order valence-corrected chi connectivity index (χ0v) is 17.5. The third-order valence-electron chi connectivity index (χ3n) is 3.45. The molecule has 5 heteroatoms. The molecule has 20 heavy (non-hydrogen) atoms. The van der Waals surface area contributed by atoms with Gasteiger partial charge in [0.25, 0.3) is 0 Å². The highest BCUT2D eigenvalue weighted by Crippen LogP contribution is 2.25. The van der Waals surface area contributed by atoms with Crippen molar-refractivity contribution >= 4 is 56.0 Å². The summed E-state index contributed by atoms with van der Waals surface area (Å²) < 4.78 is 2.79. The topological polar surface area (TPSA) is 7.68 Å². The van der Waals surface area contributed by atoms with Gasteiger partial charge >= 0.3 is 0 Å². The Morgan fingerprint density at radius 2 is 1.80 bits per heavy atom. The molecule has 1 unspecified atom stereocenters. The van der Waals surface area contributed by atoms with Crippen LogP contribution in [0.25, 0.3) is 10.8 Å². The van der Waals surface area contributed by atoms with E-state index < -0.39 is 0 Å². The highest BCUT2D eigenvalue weighted by atomic mass is 127. The summed E-state index contributed by atoms with van der Waals surface area (Å²) in [4.78, 5) is 3.92. The number of hydrogen-bond acceptors (Lipinski definition) is 1. The van der Waals surface area contributed by atoms with Crippen LogP contribution < -0.4 is 28.9 Å². The van der Waals surface area contributed by atoms with Crippen molar-refractivity contribution in [3.05, 3.63) is 55.4 Å². The minimum Gasteiger partial charge on any atom is -1.00 e. The summed E-state index contributed by atoms with van der Waals surface area (Å²) in [7, 11) is 2.22. The second kappa shape index (κ2) is 7.10. The lowest BCUT2D eigenvalue weighted by Crippen LogP contribution is -3.05. The summed E-state index contributed by atoms with van der Waals surface area (Å²) in [6.07, 6.45) is 0. The van der Waals surface area contributed by atoms with Crippen LogP contribution in [0.15, 0.2) is 49.9 Å². The molecule has 2 nitrogen and oxygen atoms in total. The quantitative estimate of drug-likeness (QED) is 0.379. The van der Waals surface area contributed by atoms with Crippen LogP contribution >= 0.6 is 45.2 Å². The molecule has 0 saturated carbocycles. The van der Waals surface area contributed by atoms with Gasteiger partial charge in [-0.2, -0.15) is 0 Å². The fourth-order valence-corrected chi connectivity index (χ4v) is 3.74. The highest BCUT2D eigenvalue weighted by Gasteiger charge is 2.27. The van der Waals surface area contributed by atoms with E-state index in [1.807, 2.05) is 0 Å². The largest absolute Gasteiger partial charge is 1.00 e. The molecular formula is C15H15I3N2. The Labute approximate surface area is 163 Å². The number of benzene rings is 2. The van der Waals surface area contributed by atoms with Crippen LogP contribution in [-0.4, -0.2) is 18.6 Å². The second-order valence-electron chi connectivity index (χ2n) is 4.92. The van der Waals surface area contributed by atoms with Crippen LogP contribution in [0.3, 0.4) is 0 Å². The Hall–Kier alpha value is 0.390. The Morgan fingerprint density at radius 3 is 2.45 bits per heavy atom. The minimum absolute atomic E-state index is 0. The van der Waals surface area contributed by atoms with Gasteiger partial charge in [-0.05, 0) is 45.0 Å². The molecular weight excluding hydrogens is 589 g/mol. The van der Waals surface area contributed by atoms with Gasteiger partial charge in [-0.1, -0.05) is 36.4 Å². The average Bonchev–Trinajstić information content (AvgIpc) is 2.66. The monoisotopic (exact) mass is 604 g/mol. The summed E-state index contributed by atoms with van der Waals surface area (Å²) >= 11 is 4.91. The molecule has 0 fully saturated rings. The van der Waals surface area contributed by atoms with Crippen LogP contribution in [0.2, 0.25) is 0 Å². The lowest BCUT2D eigenvalue weighted by molar-refractivity contribution is -0.830. The molecule has 1 N–H and O–H groups in total. The van der Waals surface area contributed by atoms with Crippen LogP contribution in [0.5, 0.6) is 0 Å². The number of nitrogens with zero attached hydrogens (tertiary/aromatic N) is 1. The lowest BCUT2D eigenvalue weighted by Gasteiger charge is -2.17. The van der Waals surface area contributed by atoms with Crippen molar-refractivity contribution in [3.63, 3.8) is 0 Å². The molecule has 1 atom stereocenters. The second-order valence-corrected chi connectivity index (χ2v) is 7.02. The molecule has 106 valence electrons. The molecule has 0 saturated heterocycles. The maximum Gasteiger partial charge on any atom is 0.198 e. The van der Waals surface area contributed by atoms with E-state index in [9.17, 15) is 0 Å². The maximum atomic E-state index is 2.46. The molecule has 2 aromatic carbocycles. The van der Waals surface area contributed by atoms with Gasteiger partial charge in [0.15, 0.2) is 10.4 Å². The molecule has 1 heterocycles. The van der Waals surface area contributed by atoms with Crippen LogP contribution in [0.4, 0.5) is 0 Å². The Balaban J connectivity index is 0.00000147. The van der Waals surface area contributed by atoms with Crippen molar-refractivity contribution < 1.29 is 28.9 Å². The van der Waals surface area contributed by atoms with Gasteiger partial charge in [0, 0.05) is 29.1 Å². The van der Waals surface area contributed by atoms with E-state index in [1.165, 1.54) is 28.6 Å². The normalized spacial score (nSPS) is 18.6. The predicted octanol–water partition coefficient (Wildman–Crippen LogP) is 0.128. The number of hydrogen-bond donors (Lipinski definition) is 1. The lowest BCUT2D eigenvalue weighted by atomic mass is 10.1. The highest BCUT2D eigenvalue weighted by molar-refractivity contribution is 14.1. The molecule has 3 rings (SSSR count). The van der Waals surface area contributed by atoms with Crippen molar-refractivity contribution in [3.8, 4) is 0 Å². The molecule has 0 radical (unpaired) electrons. The fourth-order valence-electron chi connectivity index (χ4n) is 2.42. The SMILES string of the molecule is C[NH+]1CN(Cc2ccc3ccccc3c2)C(I)=C1I.[I-]. The third kappa shape index (κ3) is 3.41. The first kappa shape index (κ1) is 16.8. The van der Waals surface area contributed by atoms with Crippen molar-refractivity contribution in [1.82, 2.24) is 4.90 Å². The molecule has 0 spiro atoms. The standard InChI is InChI=1S/C15H14I2N2.HI/c1-18-10-19(15(17)14(18)16)9-11-6-7-12-4-2-3-5-13(12)8-11;/h2-8H,9-10H2,1H3;1H. The summed E-state index contributed by atoms with van der Waals surface area (Å²) in [5, 5.41) is 2.64. The molecule has 1 aliphatic rings. The molecule has 2 aromatic rings. The summed E-state index contributed by atoms with van der Waals surface area (Å²) in [5.41, 5.74) is 1.38. The molecule has 1 aliphatic heterocycles. The molecule has 0 aliphatic carbocycles. The van der Waals surface area contributed by atoms with E-state index in [0.29, 0.717) is 0 Å². The van der Waals surface area contributed by atoms with Gasteiger partial charge < -0.3 is 28.9 Å². The first-order valence-electron chi connectivity index (χ1n) is 6.26. The van der Waals surface area contributed by atoms with Crippen LogP contribution in [0, 0.1) is 0 Å². The van der Waals surface area contributed by atoms with Crippen LogP contribution in [-0.2, 0) is 6.54 Å². The van der Waals surface area contributed by atoms with Crippen molar-refractivity contribution in [2.24, 2.45) is 0 Å². The van der Waals surface area contributed by atoms with Gasteiger partial charge in [-0.25, -0.2) is 0 Å². The third-order valence-corrected chi connectivity index (χ3v) is 7.13. The number of halogens is 3. The molecule has 0 bridgehead atoms. The number of quaternary nitrogens is 1. The van der Waals surface area contributed by atoms with Gasteiger partial charge in [0.1, 0.15) is 3.70 Å². The van der Waals surface area contributed by atoms with Gasteiger partial charge in [-0.3, -0.25) is 4.90 Å². The first-order valence-corrected chi connectivity index (χ1v) is 8.41. The predicted molar refractivity (Wildman–Crippen MR) is 96.3 cm³/mol. The van der Waals surface area contributed by atoms with E-state index >= 15 is 0 Å². The summed E-state index contributed by atoms with van der Waals surface area (Å²) in [6.45, 7) is 2.05. The Bertz CT molecular complexity index is 654. The van der Waals surface area contributed by atoms with Crippen LogP contribution in [0.1, 0.15) is 5.56 Å². The smallest absolute Gasteiger partial charge is 0.198 e. The van der Waals surface area contributed by atoms with E-state index in [0.717, 1.165) is 13.2 Å². The van der Waals surface area contributed by atoms with E-state index in [-0.39, 0.29) is 24.0 Å². The minimum atomic E-state index is 0.